The minimum Gasteiger partial charge on any atom is -0.508 e. The fourth-order valence-electron chi connectivity index (χ4n) is 1.82. The maximum atomic E-state index is 12.7. The van der Waals surface area contributed by atoms with Crippen molar-refractivity contribution in [2.24, 2.45) is 0 Å². The maximum absolute atomic E-state index is 12.7. The smallest absolute Gasteiger partial charge is 0.141 e. The Bertz CT molecular complexity index is 588. The van der Waals surface area contributed by atoms with E-state index in [0.717, 1.165) is 11.1 Å². The van der Waals surface area contributed by atoms with E-state index in [2.05, 4.69) is 4.98 Å². The van der Waals surface area contributed by atoms with Gasteiger partial charge in [0.25, 0.3) is 0 Å². The van der Waals surface area contributed by atoms with E-state index in [9.17, 15) is 9.50 Å². The lowest BCUT2D eigenvalue weighted by atomic mass is 10.0. The zero-order valence-corrected chi connectivity index (χ0v) is 11.0. The van der Waals surface area contributed by atoms with Crippen molar-refractivity contribution in [3.63, 3.8) is 0 Å². The van der Waals surface area contributed by atoms with Gasteiger partial charge in [-0.25, -0.2) is 4.39 Å². The van der Waals surface area contributed by atoms with Crippen molar-refractivity contribution in [2.45, 2.75) is 19.8 Å². The summed E-state index contributed by atoms with van der Waals surface area (Å²) >= 11 is 0. The van der Waals surface area contributed by atoms with Gasteiger partial charge in [0.1, 0.15) is 11.6 Å². The van der Waals surface area contributed by atoms with Crippen LogP contribution in [0.3, 0.4) is 0 Å². The van der Waals surface area contributed by atoms with E-state index in [0.29, 0.717) is 11.4 Å². The molecule has 1 aromatic heterocycles. The first kappa shape index (κ1) is 13.3. The minimum absolute atomic E-state index is 0.289. The SMILES string of the molecule is CC(C)c1ccc(/C=C/c2ccc(F)cn2)cc1O. The molecule has 0 unspecified atom stereocenters. The van der Waals surface area contributed by atoms with Crippen LogP contribution in [0.1, 0.15) is 36.6 Å². The minimum atomic E-state index is -0.351. The highest BCUT2D eigenvalue weighted by molar-refractivity contribution is 5.69. The molecule has 0 spiro atoms. The summed E-state index contributed by atoms with van der Waals surface area (Å²) in [5, 5.41) is 9.90. The van der Waals surface area contributed by atoms with Crippen LogP contribution in [0.4, 0.5) is 4.39 Å². The van der Waals surface area contributed by atoms with Crippen LogP contribution in [0.2, 0.25) is 0 Å². The van der Waals surface area contributed by atoms with Gasteiger partial charge in [-0.05, 0) is 41.3 Å². The van der Waals surface area contributed by atoms with E-state index in [-0.39, 0.29) is 11.7 Å². The lowest BCUT2D eigenvalue weighted by Crippen LogP contribution is -1.88. The average Bonchev–Trinajstić information content (AvgIpc) is 2.37. The molecule has 0 aliphatic carbocycles. The summed E-state index contributed by atoms with van der Waals surface area (Å²) in [5.74, 6) is 0.233. The summed E-state index contributed by atoms with van der Waals surface area (Å²) in [7, 11) is 0. The van der Waals surface area contributed by atoms with Crippen molar-refractivity contribution >= 4 is 12.2 Å². The monoisotopic (exact) mass is 257 g/mol. The van der Waals surface area contributed by atoms with E-state index in [1.807, 2.05) is 32.1 Å². The summed E-state index contributed by atoms with van der Waals surface area (Å²) in [4.78, 5) is 3.94. The molecule has 0 bridgehead atoms. The van der Waals surface area contributed by atoms with Gasteiger partial charge in [-0.3, -0.25) is 4.98 Å². The van der Waals surface area contributed by atoms with Crippen LogP contribution < -0.4 is 0 Å². The van der Waals surface area contributed by atoms with Gasteiger partial charge in [0.2, 0.25) is 0 Å². The molecule has 2 aromatic rings. The second kappa shape index (κ2) is 5.65. The molecule has 1 aromatic carbocycles. The molecule has 0 aliphatic rings. The summed E-state index contributed by atoms with van der Waals surface area (Å²) in [5.41, 5.74) is 2.49. The second-order valence-corrected chi connectivity index (χ2v) is 4.71. The van der Waals surface area contributed by atoms with Crippen LogP contribution in [0, 0.1) is 5.82 Å². The molecule has 3 heteroatoms. The molecule has 1 N–H and O–H groups in total. The fourth-order valence-corrected chi connectivity index (χ4v) is 1.82. The quantitative estimate of drug-likeness (QED) is 0.893. The highest BCUT2D eigenvalue weighted by Crippen LogP contribution is 2.26. The van der Waals surface area contributed by atoms with E-state index >= 15 is 0 Å². The maximum Gasteiger partial charge on any atom is 0.141 e. The number of nitrogens with zero attached hydrogens (tertiary/aromatic N) is 1. The Hall–Kier alpha value is -2.16. The topological polar surface area (TPSA) is 33.1 Å². The molecule has 0 saturated heterocycles. The molecule has 0 fully saturated rings. The third-order valence-electron chi connectivity index (χ3n) is 2.87. The van der Waals surface area contributed by atoms with Crippen LogP contribution >= 0.6 is 0 Å². The summed E-state index contributed by atoms with van der Waals surface area (Å²) in [6, 6.07) is 8.54. The average molecular weight is 257 g/mol. The lowest BCUT2D eigenvalue weighted by Gasteiger charge is -2.08. The predicted octanol–water partition coefficient (Wildman–Crippen LogP) is 4.22. The standard InChI is InChI=1S/C16H16FNO/c1-11(2)15-8-4-12(9-16(15)19)3-6-14-7-5-13(17)10-18-14/h3-11,19H,1-2H3/b6-3+. The number of halogens is 1. The Morgan fingerprint density at radius 3 is 2.53 bits per heavy atom. The Morgan fingerprint density at radius 2 is 1.95 bits per heavy atom. The van der Waals surface area contributed by atoms with Gasteiger partial charge in [0.15, 0.2) is 0 Å². The fraction of sp³-hybridized carbons (Fsp3) is 0.188. The molecule has 2 rings (SSSR count). The summed E-state index contributed by atoms with van der Waals surface area (Å²) in [6.45, 7) is 4.07. The first-order valence-corrected chi connectivity index (χ1v) is 6.19. The number of benzene rings is 1. The van der Waals surface area contributed by atoms with Gasteiger partial charge in [-0.1, -0.05) is 32.1 Å². The van der Waals surface area contributed by atoms with Gasteiger partial charge in [-0.2, -0.15) is 0 Å². The Kier molecular flexibility index (Phi) is 3.95. The van der Waals surface area contributed by atoms with Gasteiger partial charge < -0.3 is 5.11 Å². The molecule has 0 amide bonds. The van der Waals surface area contributed by atoms with Crippen molar-refractivity contribution in [3.8, 4) is 5.75 Å². The van der Waals surface area contributed by atoms with Crippen LogP contribution in [-0.4, -0.2) is 10.1 Å². The highest BCUT2D eigenvalue weighted by atomic mass is 19.1. The van der Waals surface area contributed by atoms with E-state index in [1.54, 1.807) is 18.2 Å². The third-order valence-corrected chi connectivity index (χ3v) is 2.87. The van der Waals surface area contributed by atoms with Crippen LogP contribution in [-0.2, 0) is 0 Å². The van der Waals surface area contributed by atoms with Gasteiger partial charge in [0, 0.05) is 0 Å². The normalized spacial score (nSPS) is 11.4. The van der Waals surface area contributed by atoms with Crippen molar-refractivity contribution < 1.29 is 9.50 Å². The van der Waals surface area contributed by atoms with Crippen molar-refractivity contribution in [2.75, 3.05) is 0 Å². The number of pyridine rings is 1. The molecule has 2 nitrogen and oxygen atoms in total. The Morgan fingerprint density at radius 1 is 1.16 bits per heavy atom. The number of aromatic hydroxyl groups is 1. The van der Waals surface area contributed by atoms with Gasteiger partial charge in [-0.15, -0.1) is 0 Å². The molecule has 98 valence electrons. The summed E-state index contributed by atoms with van der Waals surface area (Å²) in [6.07, 6.45) is 4.80. The molecule has 0 aliphatic heterocycles. The number of phenols is 1. The van der Waals surface area contributed by atoms with Gasteiger partial charge in [0.05, 0.1) is 11.9 Å². The zero-order valence-electron chi connectivity index (χ0n) is 11.0. The Balaban J connectivity index is 2.19. The zero-order chi connectivity index (χ0) is 13.8. The molecule has 1 heterocycles. The molecule has 19 heavy (non-hydrogen) atoms. The third kappa shape index (κ3) is 3.41. The summed E-state index contributed by atoms with van der Waals surface area (Å²) < 4.78 is 12.7. The van der Waals surface area contributed by atoms with Crippen LogP contribution in [0.5, 0.6) is 5.75 Å². The van der Waals surface area contributed by atoms with Crippen molar-refractivity contribution in [3.05, 3.63) is 59.2 Å². The molecule has 0 radical (unpaired) electrons. The molecular formula is C16H16FNO. The Labute approximate surface area is 112 Å². The number of hydrogen-bond acceptors (Lipinski definition) is 2. The lowest BCUT2D eigenvalue weighted by molar-refractivity contribution is 0.465. The van der Waals surface area contributed by atoms with E-state index in [1.165, 1.54) is 12.3 Å². The number of phenolic OH excluding ortho intramolecular Hbond substituents is 1. The molecule has 0 saturated carbocycles. The van der Waals surface area contributed by atoms with Crippen molar-refractivity contribution in [1.82, 2.24) is 4.98 Å². The highest BCUT2D eigenvalue weighted by Gasteiger charge is 2.05. The largest absolute Gasteiger partial charge is 0.508 e. The van der Waals surface area contributed by atoms with Crippen LogP contribution in [0.15, 0.2) is 36.5 Å². The van der Waals surface area contributed by atoms with E-state index in [4.69, 9.17) is 0 Å². The molecular weight excluding hydrogens is 241 g/mol. The molecule has 0 atom stereocenters. The number of hydrogen-bond donors (Lipinski definition) is 1. The number of aromatic nitrogens is 1. The first-order chi connectivity index (χ1) is 9.06. The van der Waals surface area contributed by atoms with Crippen molar-refractivity contribution in [1.29, 1.82) is 0 Å². The van der Waals surface area contributed by atoms with E-state index < -0.39 is 0 Å². The van der Waals surface area contributed by atoms with Crippen LogP contribution in [0.25, 0.3) is 12.2 Å². The van der Waals surface area contributed by atoms with Gasteiger partial charge >= 0.3 is 0 Å². The first-order valence-electron chi connectivity index (χ1n) is 6.19. The second-order valence-electron chi connectivity index (χ2n) is 4.71. The predicted molar refractivity (Wildman–Crippen MR) is 75.3 cm³/mol. The number of rotatable bonds is 3.